The number of nitrogens with zero attached hydrogens (tertiary/aromatic N) is 1. The number of rotatable bonds is 8. The first kappa shape index (κ1) is 16.5. The summed E-state index contributed by atoms with van der Waals surface area (Å²) in [5.74, 6) is 0. The van der Waals surface area contributed by atoms with Gasteiger partial charge < -0.3 is 10.8 Å². The molecule has 0 heterocycles. The summed E-state index contributed by atoms with van der Waals surface area (Å²) >= 11 is 3.34. The van der Waals surface area contributed by atoms with Crippen molar-refractivity contribution in [1.82, 2.24) is 4.90 Å². The van der Waals surface area contributed by atoms with Gasteiger partial charge in [0, 0.05) is 23.6 Å². The van der Waals surface area contributed by atoms with Crippen molar-refractivity contribution in [3.8, 4) is 0 Å². The lowest BCUT2D eigenvalue weighted by molar-refractivity contribution is 0.0768. The van der Waals surface area contributed by atoms with Crippen LogP contribution in [0.3, 0.4) is 0 Å². The molecule has 0 saturated heterocycles. The highest BCUT2D eigenvalue weighted by Gasteiger charge is 2.13. The molecule has 0 spiro atoms. The number of nitrogens with two attached hydrogens (primary N) is 1. The predicted octanol–water partition coefficient (Wildman–Crippen LogP) is 2.40. The average Bonchev–Trinajstić information content (AvgIpc) is 2.36. The van der Waals surface area contributed by atoms with Crippen LogP contribution in [0.25, 0.3) is 0 Å². The van der Waals surface area contributed by atoms with Crippen LogP contribution in [-0.2, 0) is 0 Å². The van der Waals surface area contributed by atoms with E-state index in [4.69, 9.17) is 10.8 Å². The van der Waals surface area contributed by atoms with Gasteiger partial charge >= 0.3 is 0 Å². The fourth-order valence-corrected chi connectivity index (χ4v) is 2.09. The van der Waals surface area contributed by atoms with Crippen molar-refractivity contribution in [1.29, 1.82) is 0 Å². The van der Waals surface area contributed by atoms with Crippen LogP contribution in [0.2, 0.25) is 0 Å². The topological polar surface area (TPSA) is 49.5 Å². The molecule has 1 rings (SSSR count). The maximum atomic E-state index is 12.3. The largest absolute Gasteiger partial charge is 0.395 e. The zero-order chi connectivity index (χ0) is 14.3. The van der Waals surface area contributed by atoms with E-state index in [2.05, 4.69) is 15.9 Å². The zero-order valence-electron chi connectivity index (χ0n) is 10.6. The Morgan fingerprint density at radius 3 is 2.37 bits per heavy atom. The SMILES string of the molecule is NC(CCN(CCO)CC(F)F)c1ccc(Br)cc1. The highest BCUT2D eigenvalue weighted by atomic mass is 79.9. The Kier molecular flexibility index (Phi) is 7.45. The molecule has 3 nitrogen and oxygen atoms in total. The second-order valence-corrected chi connectivity index (χ2v) is 5.28. The summed E-state index contributed by atoms with van der Waals surface area (Å²) in [6, 6.07) is 7.45. The molecule has 19 heavy (non-hydrogen) atoms. The lowest BCUT2D eigenvalue weighted by Crippen LogP contribution is -2.34. The normalized spacial score (nSPS) is 13.2. The molecule has 0 bridgehead atoms. The van der Waals surface area contributed by atoms with Crippen molar-refractivity contribution in [2.24, 2.45) is 5.73 Å². The van der Waals surface area contributed by atoms with Gasteiger partial charge in [0.1, 0.15) is 0 Å². The van der Waals surface area contributed by atoms with E-state index >= 15 is 0 Å². The zero-order valence-corrected chi connectivity index (χ0v) is 12.2. The quantitative estimate of drug-likeness (QED) is 0.766. The van der Waals surface area contributed by atoms with E-state index in [1.54, 1.807) is 0 Å². The number of aliphatic hydroxyl groups is 1. The summed E-state index contributed by atoms with van der Waals surface area (Å²) in [6.07, 6.45) is -1.82. The maximum Gasteiger partial charge on any atom is 0.251 e. The molecule has 0 fully saturated rings. The van der Waals surface area contributed by atoms with Gasteiger partial charge in [-0.3, -0.25) is 4.90 Å². The van der Waals surface area contributed by atoms with Crippen molar-refractivity contribution in [2.75, 3.05) is 26.2 Å². The standard InChI is InChI=1S/C13H19BrF2N2O/c14-11-3-1-10(2-4-11)12(17)5-6-18(7-8-19)9-13(15)16/h1-4,12-13,19H,5-9,17H2. The Balaban J connectivity index is 2.46. The molecule has 6 heteroatoms. The van der Waals surface area contributed by atoms with Crippen molar-refractivity contribution in [3.05, 3.63) is 34.3 Å². The molecule has 108 valence electrons. The predicted molar refractivity (Wildman–Crippen MR) is 75.2 cm³/mol. The van der Waals surface area contributed by atoms with Crippen LogP contribution in [-0.4, -0.2) is 42.7 Å². The molecule has 0 saturated carbocycles. The lowest BCUT2D eigenvalue weighted by Gasteiger charge is -2.22. The molecule has 0 aliphatic carbocycles. The van der Waals surface area contributed by atoms with Crippen LogP contribution < -0.4 is 5.73 Å². The van der Waals surface area contributed by atoms with Gasteiger partial charge in [-0.1, -0.05) is 28.1 Å². The molecule has 1 unspecified atom stereocenters. The van der Waals surface area contributed by atoms with Gasteiger partial charge in [-0.2, -0.15) is 0 Å². The Labute approximate surface area is 120 Å². The van der Waals surface area contributed by atoms with Gasteiger partial charge in [0.05, 0.1) is 13.2 Å². The Bertz CT molecular complexity index is 362. The van der Waals surface area contributed by atoms with Gasteiger partial charge in [-0.05, 0) is 24.1 Å². The monoisotopic (exact) mass is 336 g/mol. The first-order chi connectivity index (χ1) is 9.02. The van der Waals surface area contributed by atoms with E-state index in [1.165, 1.54) is 4.90 Å². The molecule has 1 atom stereocenters. The van der Waals surface area contributed by atoms with Crippen molar-refractivity contribution >= 4 is 15.9 Å². The molecule has 0 aliphatic rings. The number of halogens is 3. The van der Waals surface area contributed by atoms with Crippen LogP contribution >= 0.6 is 15.9 Å². The number of benzene rings is 1. The van der Waals surface area contributed by atoms with E-state index in [-0.39, 0.29) is 25.7 Å². The van der Waals surface area contributed by atoms with E-state index in [1.807, 2.05) is 24.3 Å². The minimum Gasteiger partial charge on any atom is -0.395 e. The third-order valence-corrected chi connectivity index (χ3v) is 3.40. The number of alkyl halides is 2. The fraction of sp³-hybridized carbons (Fsp3) is 0.538. The highest BCUT2D eigenvalue weighted by Crippen LogP contribution is 2.18. The first-order valence-electron chi connectivity index (χ1n) is 6.15. The van der Waals surface area contributed by atoms with Gasteiger partial charge in [-0.25, -0.2) is 8.78 Å². The summed E-state index contributed by atoms with van der Waals surface area (Å²) in [5.41, 5.74) is 7.00. The van der Waals surface area contributed by atoms with E-state index in [9.17, 15) is 8.78 Å². The summed E-state index contributed by atoms with van der Waals surface area (Å²) in [6.45, 7) is 0.243. The maximum absolute atomic E-state index is 12.3. The Hall–Kier alpha value is -0.560. The highest BCUT2D eigenvalue weighted by molar-refractivity contribution is 9.10. The van der Waals surface area contributed by atoms with Gasteiger partial charge in [0.2, 0.25) is 0 Å². The molecule has 0 aliphatic heterocycles. The van der Waals surface area contributed by atoms with Crippen LogP contribution in [0.1, 0.15) is 18.0 Å². The summed E-state index contributed by atoms with van der Waals surface area (Å²) < 4.78 is 25.7. The molecular weight excluding hydrogens is 318 g/mol. The van der Waals surface area contributed by atoms with Crippen LogP contribution in [0.4, 0.5) is 8.78 Å². The van der Waals surface area contributed by atoms with Crippen molar-refractivity contribution < 1.29 is 13.9 Å². The second kappa shape index (κ2) is 8.58. The number of aliphatic hydroxyl groups excluding tert-OH is 1. The fourth-order valence-electron chi connectivity index (χ4n) is 1.83. The average molecular weight is 337 g/mol. The molecule has 3 N–H and O–H groups in total. The molecule has 0 aromatic heterocycles. The molecule has 1 aromatic carbocycles. The van der Waals surface area contributed by atoms with Gasteiger partial charge in [0.25, 0.3) is 6.43 Å². The van der Waals surface area contributed by atoms with E-state index < -0.39 is 6.43 Å². The van der Waals surface area contributed by atoms with Gasteiger partial charge in [0.15, 0.2) is 0 Å². The van der Waals surface area contributed by atoms with E-state index in [0.29, 0.717) is 13.0 Å². The van der Waals surface area contributed by atoms with Crippen LogP contribution in [0.15, 0.2) is 28.7 Å². The Morgan fingerprint density at radius 1 is 1.21 bits per heavy atom. The third-order valence-electron chi connectivity index (χ3n) is 2.87. The van der Waals surface area contributed by atoms with Crippen molar-refractivity contribution in [3.63, 3.8) is 0 Å². The lowest BCUT2D eigenvalue weighted by atomic mass is 10.0. The number of hydrogen-bond acceptors (Lipinski definition) is 3. The summed E-state index contributed by atoms with van der Waals surface area (Å²) in [5, 5.41) is 8.84. The Morgan fingerprint density at radius 2 is 1.84 bits per heavy atom. The first-order valence-corrected chi connectivity index (χ1v) is 6.94. The van der Waals surface area contributed by atoms with Gasteiger partial charge in [-0.15, -0.1) is 0 Å². The molecule has 0 amide bonds. The second-order valence-electron chi connectivity index (χ2n) is 4.36. The van der Waals surface area contributed by atoms with Crippen LogP contribution in [0.5, 0.6) is 0 Å². The number of hydrogen-bond donors (Lipinski definition) is 2. The molecule has 1 aromatic rings. The molecule has 0 radical (unpaired) electrons. The van der Waals surface area contributed by atoms with E-state index in [0.717, 1.165) is 10.0 Å². The minimum absolute atomic E-state index is 0.125. The smallest absolute Gasteiger partial charge is 0.251 e. The minimum atomic E-state index is -2.39. The molecular formula is C13H19BrF2N2O. The third kappa shape index (κ3) is 6.42. The van der Waals surface area contributed by atoms with Crippen molar-refractivity contribution in [2.45, 2.75) is 18.9 Å². The van der Waals surface area contributed by atoms with Crippen LogP contribution in [0, 0.1) is 0 Å². The summed E-state index contributed by atoms with van der Waals surface area (Å²) in [7, 11) is 0. The summed E-state index contributed by atoms with van der Waals surface area (Å²) in [4.78, 5) is 1.53.